The minimum absolute atomic E-state index is 0.0779. The van der Waals surface area contributed by atoms with Crippen LogP contribution in [0.5, 0.6) is 0 Å². The zero-order valence-electron chi connectivity index (χ0n) is 17.7. The summed E-state index contributed by atoms with van der Waals surface area (Å²) in [6, 6.07) is 12.3. The molecular weight excluding hydrogens is 407 g/mol. The Labute approximate surface area is 179 Å². The van der Waals surface area contributed by atoms with Crippen LogP contribution in [0.2, 0.25) is 0 Å². The van der Waals surface area contributed by atoms with E-state index in [4.69, 9.17) is 4.84 Å². The number of urea groups is 1. The Morgan fingerprint density at radius 1 is 1.19 bits per heavy atom. The number of hydrogen-bond acceptors (Lipinski definition) is 3. The smallest absolute Gasteiger partial charge is 0.390 e. The summed E-state index contributed by atoms with van der Waals surface area (Å²) in [4.78, 5) is 19.8. The van der Waals surface area contributed by atoms with Gasteiger partial charge in [0.25, 0.3) is 0 Å². The van der Waals surface area contributed by atoms with Crippen molar-refractivity contribution in [2.45, 2.75) is 52.1 Å². The van der Waals surface area contributed by atoms with Crippen LogP contribution >= 0.6 is 0 Å². The van der Waals surface area contributed by atoms with Gasteiger partial charge in [0.15, 0.2) is 6.10 Å². The predicted octanol–water partition coefficient (Wildman–Crippen LogP) is 5.13. The van der Waals surface area contributed by atoms with Gasteiger partial charge in [0.2, 0.25) is 0 Å². The Morgan fingerprint density at radius 2 is 1.87 bits per heavy atom. The Bertz CT molecular complexity index is 940. The molecule has 1 heterocycles. The second kappa shape index (κ2) is 9.41. The molecule has 166 valence electrons. The number of alkyl halides is 3. The molecule has 31 heavy (non-hydrogen) atoms. The van der Waals surface area contributed by atoms with E-state index < -0.39 is 11.7 Å². The van der Waals surface area contributed by atoms with Gasteiger partial charge in [-0.05, 0) is 44.0 Å². The third-order valence-electron chi connectivity index (χ3n) is 4.97. The maximum Gasteiger partial charge on any atom is 0.416 e. The molecule has 0 aromatic heterocycles. The molecule has 2 aromatic rings. The highest BCUT2D eigenvalue weighted by molar-refractivity contribution is 6.02. The topological polar surface area (TPSA) is 53.9 Å². The second-order valence-corrected chi connectivity index (χ2v) is 7.96. The van der Waals surface area contributed by atoms with Crippen LogP contribution < -0.4 is 5.32 Å². The number of amides is 2. The number of hydrogen-bond donors (Lipinski definition) is 1. The number of carbonyl (C=O) groups excluding carboxylic acids is 1. The average Bonchev–Trinajstić information content (AvgIpc) is 3.15. The van der Waals surface area contributed by atoms with Crippen LogP contribution in [0, 0.1) is 6.92 Å². The lowest BCUT2D eigenvalue weighted by Gasteiger charge is -2.26. The van der Waals surface area contributed by atoms with E-state index in [2.05, 4.69) is 10.5 Å². The maximum absolute atomic E-state index is 12.8. The van der Waals surface area contributed by atoms with E-state index in [1.54, 1.807) is 4.90 Å². The summed E-state index contributed by atoms with van der Waals surface area (Å²) < 4.78 is 38.5. The molecule has 1 N–H and O–H groups in total. The Hall–Kier alpha value is -3.03. The summed E-state index contributed by atoms with van der Waals surface area (Å²) >= 11 is 0. The van der Waals surface area contributed by atoms with Gasteiger partial charge in [-0.2, -0.15) is 13.2 Å². The highest BCUT2D eigenvalue weighted by atomic mass is 19.4. The molecule has 3 rings (SSSR count). The molecule has 8 heteroatoms. The van der Waals surface area contributed by atoms with Crippen LogP contribution in [0.3, 0.4) is 0 Å². The van der Waals surface area contributed by atoms with Crippen LogP contribution in [0.4, 0.5) is 18.0 Å². The summed E-state index contributed by atoms with van der Waals surface area (Å²) in [5.74, 6) is 0. The first-order valence-electron chi connectivity index (χ1n) is 10.1. The monoisotopic (exact) mass is 433 g/mol. The number of carbonyl (C=O) groups is 1. The third-order valence-corrected chi connectivity index (χ3v) is 4.97. The zero-order chi connectivity index (χ0) is 22.6. The summed E-state index contributed by atoms with van der Waals surface area (Å²) in [6.45, 7) is 6.12. The fraction of sp³-hybridized carbons (Fsp3) is 0.391. The molecule has 2 amide bonds. The Kier molecular flexibility index (Phi) is 6.87. The summed E-state index contributed by atoms with van der Waals surface area (Å²) in [6.07, 6.45) is -4.18. The first-order valence-corrected chi connectivity index (χ1v) is 10.1. The molecule has 0 fully saturated rings. The van der Waals surface area contributed by atoms with Gasteiger partial charge in [-0.3, -0.25) is 0 Å². The number of rotatable bonds is 6. The van der Waals surface area contributed by atoms with Crippen LogP contribution in [0.1, 0.15) is 42.5 Å². The minimum atomic E-state index is -4.39. The van der Waals surface area contributed by atoms with E-state index in [1.165, 1.54) is 12.1 Å². The summed E-state index contributed by atoms with van der Waals surface area (Å²) in [7, 11) is 0. The molecule has 2 aromatic carbocycles. The quantitative estimate of drug-likeness (QED) is 0.687. The molecule has 0 aliphatic carbocycles. The number of oxime groups is 1. The van der Waals surface area contributed by atoms with E-state index in [0.717, 1.165) is 29.0 Å². The van der Waals surface area contributed by atoms with Gasteiger partial charge in [-0.1, -0.05) is 41.6 Å². The summed E-state index contributed by atoms with van der Waals surface area (Å²) in [5.41, 5.74) is 2.80. The average molecular weight is 433 g/mol. The highest BCUT2D eigenvalue weighted by Crippen LogP contribution is 2.29. The van der Waals surface area contributed by atoms with Crippen molar-refractivity contribution in [3.63, 3.8) is 0 Å². The standard InChI is InChI=1S/C23H26F3N3O2/c1-15(2)27-22(30)29(13-17-8-10-18(11-9-17)23(24,25)26)14-19-12-21(28-31-19)20-7-5-4-6-16(20)3/h4-11,15,19H,12-14H2,1-3H3,(H,27,30)/t19-/m1/s1. The molecule has 0 bridgehead atoms. The largest absolute Gasteiger partial charge is 0.416 e. The molecule has 0 saturated carbocycles. The summed E-state index contributed by atoms with van der Waals surface area (Å²) in [5, 5.41) is 7.04. The first-order chi connectivity index (χ1) is 14.6. The molecule has 1 atom stereocenters. The maximum atomic E-state index is 12.8. The fourth-order valence-electron chi connectivity index (χ4n) is 3.40. The van der Waals surface area contributed by atoms with Gasteiger partial charge in [0.05, 0.1) is 17.8 Å². The SMILES string of the molecule is Cc1ccccc1C1=NO[C@@H](CN(Cc2ccc(C(F)(F)F)cc2)C(=O)NC(C)C)C1. The lowest BCUT2D eigenvalue weighted by atomic mass is 10.0. The molecule has 0 radical (unpaired) electrons. The molecule has 5 nitrogen and oxygen atoms in total. The highest BCUT2D eigenvalue weighted by Gasteiger charge is 2.31. The molecule has 1 aliphatic heterocycles. The van der Waals surface area contributed by atoms with Crippen molar-refractivity contribution in [1.82, 2.24) is 10.2 Å². The van der Waals surface area contributed by atoms with Gasteiger partial charge in [0, 0.05) is 24.6 Å². The van der Waals surface area contributed by atoms with Crippen LogP contribution in [-0.4, -0.2) is 35.3 Å². The van der Waals surface area contributed by atoms with Crippen molar-refractivity contribution < 1.29 is 22.8 Å². The van der Waals surface area contributed by atoms with E-state index in [9.17, 15) is 18.0 Å². The van der Waals surface area contributed by atoms with Crippen LogP contribution in [0.15, 0.2) is 53.7 Å². The normalized spacial score (nSPS) is 16.1. The second-order valence-electron chi connectivity index (χ2n) is 7.96. The first kappa shape index (κ1) is 22.7. The lowest BCUT2D eigenvalue weighted by Crippen LogP contribution is -2.45. The number of nitrogens with one attached hydrogen (secondary N) is 1. The number of halogens is 3. The van der Waals surface area contributed by atoms with Gasteiger partial charge in [-0.15, -0.1) is 0 Å². The number of nitrogens with zero attached hydrogens (tertiary/aromatic N) is 2. The van der Waals surface area contributed by atoms with Crippen molar-refractivity contribution in [1.29, 1.82) is 0 Å². The van der Waals surface area contributed by atoms with Crippen molar-refractivity contribution in [3.05, 3.63) is 70.8 Å². The minimum Gasteiger partial charge on any atom is -0.390 e. The van der Waals surface area contributed by atoms with Gasteiger partial charge >= 0.3 is 12.2 Å². The van der Waals surface area contributed by atoms with E-state index in [1.807, 2.05) is 45.0 Å². The Balaban J connectivity index is 1.70. The molecule has 0 saturated heterocycles. The lowest BCUT2D eigenvalue weighted by molar-refractivity contribution is -0.137. The molecule has 0 spiro atoms. The zero-order valence-corrected chi connectivity index (χ0v) is 17.7. The van der Waals surface area contributed by atoms with E-state index in [-0.39, 0.29) is 31.3 Å². The fourth-order valence-corrected chi connectivity index (χ4v) is 3.40. The number of aryl methyl sites for hydroxylation is 1. The van der Waals surface area contributed by atoms with Gasteiger partial charge < -0.3 is 15.1 Å². The molecular formula is C23H26F3N3O2. The van der Waals surface area contributed by atoms with Crippen molar-refractivity contribution in [3.8, 4) is 0 Å². The Morgan fingerprint density at radius 3 is 2.48 bits per heavy atom. The third kappa shape index (κ3) is 5.99. The van der Waals surface area contributed by atoms with E-state index in [0.29, 0.717) is 12.0 Å². The number of benzene rings is 2. The van der Waals surface area contributed by atoms with Crippen molar-refractivity contribution >= 4 is 11.7 Å². The van der Waals surface area contributed by atoms with Crippen molar-refractivity contribution in [2.24, 2.45) is 5.16 Å². The van der Waals surface area contributed by atoms with Gasteiger partial charge in [0.1, 0.15) is 0 Å². The van der Waals surface area contributed by atoms with Crippen molar-refractivity contribution in [2.75, 3.05) is 6.54 Å². The molecule has 0 unspecified atom stereocenters. The predicted molar refractivity (Wildman–Crippen MR) is 113 cm³/mol. The van der Waals surface area contributed by atoms with Crippen LogP contribution in [0.25, 0.3) is 0 Å². The molecule has 1 aliphatic rings. The van der Waals surface area contributed by atoms with Crippen LogP contribution in [-0.2, 0) is 17.6 Å². The van der Waals surface area contributed by atoms with E-state index >= 15 is 0 Å². The van der Waals surface area contributed by atoms with Gasteiger partial charge in [-0.25, -0.2) is 4.79 Å².